The van der Waals surface area contributed by atoms with Gasteiger partial charge in [0.25, 0.3) is 5.91 Å². The third kappa shape index (κ3) is 4.77. The van der Waals surface area contributed by atoms with E-state index >= 15 is 0 Å². The number of hydrogen-bond acceptors (Lipinski definition) is 5. The van der Waals surface area contributed by atoms with Crippen LogP contribution in [0.25, 0.3) is 0 Å². The minimum Gasteiger partial charge on any atom is -0.492 e. The van der Waals surface area contributed by atoms with Crippen molar-refractivity contribution in [3.05, 3.63) is 53.6 Å². The first kappa shape index (κ1) is 21.3. The van der Waals surface area contributed by atoms with Gasteiger partial charge in [0.15, 0.2) is 0 Å². The molecule has 2 aromatic rings. The molecule has 1 aliphatic rings. The van der Waals surface area contributed by atoms with Gasteiger partial charge < -0.3 is 14.8 Å². The molecule has 3 rings (SSSR count). The van der Waals surface area contributed by atoms with E-state index in [-0.39, 0.29) is 10.5 Å². The van der Waals surface area contributed by atoms with E-state index < -0.39 is 15.9 Å². The number of sulfonamides is 1. The number of rotatable bonds is 7. The van der Waals surface area contributed by atoms with Crippen molar-refractivity contribution in [1.82, 2.24) is 4.31 Å². The topological polar surface area (TPSA) is 84.9 Å². The number of hydrogen-bond donors (Lipinski definition) is 1. The summed E-state index contributed by atoms with van der Waals surface area (Å²) in [5, 5.41) is 2.81. The molecule has 156 valence electrons. The number of ether oxygens (including phenoxy) is 2. The van der Waals surface area contributed by atoms with Crippen molar-refractivity contribution in [2.24, 2.45) is 0 Å². The number of nitrogens with one attached hydrogen (secondary N) is 1. The first-order chi connectivity index (χ1) is 14.0. The molecule has 1 saturated heterocycles. The highest BCUT2D eigenvalue weighted by atomic mass is 32.2. The van der Waals surface area contributed by atoms with Crippen LogP contribution in [0, 0.1) is 0 Å². The van der Waals surface area contributed by atoms with Gasteiger partial charge in [-0.25, -0.2) is 8.42 Å². The van der Waals surface area contributed by atoms with E-state index in [1.54, 1.807) is 30.3 Å². The van der Waals surface area contributed by atoms with Gasteiger partial charge in [-0.3, -0.25) is 4.79 Å². The van der Waals surface area contributed by atoms with Crippen LogP contribution in [-0.4, -0.2) is 51.5 Å². The Morgan fingerprint density at radius 3 is 2.55 bits per heavy atom. The molecular formula is C21H26N2O5S. The first-order valence-electron chi connectivity index (χ1n) is 9.71. The Hall–Kier alpha value is -2.42. The molecule has 1 N–H and O–H groups in total. The summed E-state index contributed by atoms with van der Waals surface area (Å²) < 4.78 is 38.5. The molecule has 0 bridgehead atoms. The van der Waals surface area contributed by atoms with E-state index in [0.717, 1.165) is 0 Å². The normalized spacial score (nSPS) is 15.1. The smallest absolute Gasteiger partial charge is 0.255 e. The SMILES string of the molecule is CCOc1ccccc1NC(=O)c1ccc(CC)c(S(=O)(=O)N2CCOCC2)c1. The quantitative estimate of drug-likeness (QED) is 0.747. The van der Waals surface area contributed by atoms with Crippen molar-refractivity contribution in [3.8, 4) is 5.75 Å². The van der Waals surface area contributed by atoms with Crippen molar-refractivity contribution in [3.63, 3.8) is 0 Å². The van der Waals surface area contributed by atoms with Crippen molar-refractivity contribution in [1.29, 1.82) is 0 Å². The van der Waals surface area contributed by atoms with Crippen molar-refractivity contribution in [2.45, 2.75) is 25.2 Å². The number of para-hydroxylation sites is 2. The molecule has 0 saturated carbocycles. The molecule has 0 aliphatic carbocycles. The third-order valence-corrected chi connectivity index (χ3v) is 6.71. The predicted octanol–water partition coefficient (Wildman–Crippen LogP) is 2.92. The maximum Gasteiger partial charge on any atom is 0.255 e. The molecule has 0 radical (unpaired) electrons. The second-order valence-electron chi connectivity index (χ2n) is 6.58. The molecule has 0 spiro atoms. The minimum absolute atomic E-state index is 0.174. The highest BCUT2D eigenvalue weighted by molar-refractivity contribution is 7.89. The molecule has 8 heteroatoms. The lowest BCUT2D eigenvalue weighted by Gasteiger charge is -2.27. The third-order valence-electron chi connectivity index (χ3n) is 4.73. The van der Waals surface area contributed by atoms with Gasteiger partial charge in [-0.05, 0) is 43.2 Å². The standard InChI is InChI=1S/C21H26N2O5S/c1-3-16-9-10-17(15-20(16)29(25,26)23-11-13-27-14-12-23)21(24)22-18-7-5-6-8-19(18)28-4-2/h5-10,15H,3-4,11-14H2,1-2H3,(H,22,24). The van der Waals surface area contributed by atoms with Crippen LogP contribution in [0.15, 0.2) is 47.4 Å². The van der Waals surface area contributed by atoms with Crippen LogP contribution < -0.4 is 10.1 Å². The Morgan fingerprint density at radius 2 is 1.86 bits per heavy atom. The Kier molecular flexibility index (Phi) is 6.89. The van der Waals surface area contributed by atoms with E-state index in [0.29, 0.717) is 56.3 Å². The van der Waals surface area contributed by atoms with E-state index in [9.17, 15) is 13.2 Å². The summed E-state index contributed by atoms with van der Waals surface area (Å²) in [4.78, 5) is 13.0. The molecule has 2 aromatic carbocycles. The number of morpholine rings is 1. The molecule has 7 nitrogen and oxygen atoms in total. The minimum atomic E-state index is -3.70. The number of aryl methyl sites for hydroxylation is 1. The number of amides is 1. The maximum atomic E-state index is 13.2. The van der Waals surface area contributed by atoms with Crippen molar-refractivity contribution < 1.29 is 22.7 Å². The number of anilines is 1. The van der Waals surface area contributed by atoms with Gasteiger partial charge in [-0.1, -0.05) is 25.1 Å². The van der Waals surface area contributed by atoms with E-state index in [1.165, 1.54) is 10.4 Å². The molecule has 0 aromatic heterocycles. The highest BCUT2D eigenvalue weighted by Gasteiger charge is 2.29. The molecule has 29 heavy (non-hydrogen) atoms. The number of carbonyl (C=O) groups excluding carboxylic acids is 1. The maximum absolute atomic E-state index is 13.2. The number of nitrogens with zero attached hydrogens (tertiary/aromatic N) is 1. The van der Waals surface area contributed by atoms with Crippen LogP contribution >= 0.6 is 0 Å². The van der Waals surface area contributed by atoms with Crippen LogP contribution in [0.3, 0.4) is 0 Å². The van der Waals surface area contributed by atoms with Crippen molar-refractivity contribution >= 4 is 21.6 Å². The van der Waals surface area contributed by atoms with E-state index in [4.69, 9.17) is 9.47 Å². The lowest BCUT2D eigenvalue weighted by molar-refractivity contribution is 0.0730. The largest absolute Gasteiger partial charge is 0.492 e. The average molecular weight is 419 g/mol. The molecule has 1 amide bonds. The Balaban J connectivity index is 1.91. The van der Waals surface area contributed by atoms with Crippen LogP contribution in [0.1, 0.15) is 29.8 Å². The fraction of sp³-hybridized carbons (Fsp3) is 0.381. The lowest BCUT2D eigenvalue weighted by Crippen LogP contribution is -2.41. The Labute approximate surface area is 171 Å². The Morgan fingerprint density at radius 1 is 1.14 bits per heavy atom. The summed E-state index contributed by atoms with van der Waals surface area (Å²) in [6.07, 6.45) is 0.550. The molecule has 1 aliphatic heterocycles. The van der Waals surface area contributed by atoms with E-state index in [2.05, 4.69) is 5.32 Å². The number of benzene rings is 2. The average Bonchev–Trinajstić information content (AvgIpc) is 2.75. The second kappa shape index (κ2) is 9.39. The molecular weight excluding hydrogens is 392 g/mol. The fourth-order valence-electron chi connectivity index (χ4n) is 3.20. The van der Waals surface area contributed by atoms with Crippen LogP contribution in [0.4, 0.5) is 5.69 Å². The number of carbonyl (C=O) groups is 1. The van der Waals surface area contributed by atoms with Gasteiger partial charge >= 0.3 is 0 Å². The predicted molar refractivity (Wildman–Crippen MR) is 111 cm³/mol. The van der Waals surface area contributed by atoms with Gasteiger partial charge in [0.2, 0.25) is 10.0 Å². The molecule has 1 heterocycles. The first-order valence-corrected chi connectivity index (χ1v) is 11.1. The summed E-state index contributed by atoms with van der Waals surface area (Å²) in [5.74, 6) is 0.174. The zero-order valence-electron chi connectivity index (χ0n) is 16.7. The van der Waals surface area contributed by atoms with Gasteiger partial charge in [0.05, 0.1) is 30.4 Å². The van der Waals surface area contributed by atoms with E-state index in [1.807, 2.05) is 19.9 Å². The monoisotopic (exact) mass is 418 g/mol. The van der Waals surface area contributed by atoms with Gasteiger partial charge in [-0.2, -0.15) is 4.31 Å². The zero-order valence-corrected chi connectivity index (χ0v) is 17.5. The summed E-state index contributed by atoms with van der Waals surface area (Å²) in [7, 11) is -3.70. The van der Waals surface area contributed by atoms with Crippen LogP contribution in [0.5, 0.6) is 5.75 Å². The van der Waals surface area contributed by atoms with Gasteiger partial charge in [0, 0.05) is 18.7 Å². The Bertz CT molecular complexity index is 969. The molecule has 0 unspecified atom stereocenters. The summed E-state index contributed by atoms with van der Waals surface area (Å²) >= 11 is 0. The fourth-order valence-corrected chi connectivity index (χ4v) is 4.93. The van der Waals surface area contributed by atoms with Gasteiger partial charge in [0.1, 0.15) is 5.75 Å². The zero-order chi connectivity index (χ0) is 20.9. The summed E-state index contributed by atoms with van der Waals surface area (Å²) in [6.45, 7) is 5.59. The summed E-state index contributed by atoms with van der Waals surface area (Å²) in [6, 6.07) is 12.0. The second-order valence-corrected chi connectivity index (χ2v) is 8.48. The van der Waals surface area contributed by atoms with Crippen molar-refractivity contribution in [2.75, 3.05) is 38.2 Å². The van der Waals surface area contributed by atoms with Crippen LogP contribution in [-0.2, 0) is 21.2 Å². The highest BCUT2D eigenvalue weighted by Crippen LogP contribution is 2.26. The molecule has 0 atom stereocenters. The lowest BCUT2D eigenvalue weighted by atomic mass is 10.1. The summed E-state index contributed by atoms with van der Waals surface area (Å²) in [5.41, 5.74) is 1.50. The van der Waals surface area contributed by atoms with Crippen LogP contribution in [0.2, 0.25) is 0 Å². The molecule has 1 fully saturated rings. The van der Waals surface area contributed by atoms with Gasteiger partial charge in [-0.15, -0.1) is 0 Å².